The van der Waals surface area contributed by atoms with Crippen LogP contribution in [0, 0.1) is 5.92 Å². The first-order chi connectivity index (χ1) is 6.75. The van der Waals surface area contributed by atoms with Gasteiger partial charge in [-0.2, -0.15) is 0 Å². The van der Waals surface area contributed by atoms with Gasteiger partial charge in [0, 0.05) is 13.0 Å². The van der Waals surface area contributed by atoms with Crippen molar-refractivity contribution in [3.8, 4) is 0 Å². The fourth-order valence-corrected chi connectivity index (χ4v) is 2.78. The van der Waals surface area contributed by atoms with Gasteiger partial charge in [0.1, 0.15) is 6.10 Å². The molecule has 0 aromatic carbocycles. The Hall–Kier alpha value is -0.570. The molecule has 0 radical (unpaired) electrons. The standard InChI is InChI=1S/C11H19NO2/c1-8(13)14-10-5-4-9-3-2-6-12-11(9)7-10/h9-12H,2-7H2,1H3/t9-,10-,11+/m0/s1. The second kappa shape index (κ2) is 4.30. The van der Waals surface area contributed by atoms with E-state index in [2.05, 4.69) is 5.32 Å². The molecule has 0 amide bonds. The van der Waals surface area contributed by atoms with Gasteiger partial charge in [0.25, 0.3) is 0 Å². The van der Waals surface area contributed by atoms with E-state index in [1.807, 2.05) is 0 Å². The highest BCUT2D eigenvalue weighted by molar-refractivity contribution is 5.66. The SMILES string of the molecule is CC(=O)O[C@H]1CC[C@@H]2CCCN[C@@H]2C1. The van der Waals surface area contributed by atoms with Crippen LogP contribution in [-0.2, 0) is 9.53 Å². The maximum absolute atomic E-state index is 10.8. The third-order valence-corrected chi connectivity index (χ3v) is 3.44. The zero-order chi connectivity index (χ0) is 9.97. The van der Waals surface area contributed by atoms with Crippen LogP contribution >= 0.6 is 0 Å². The van der Waals surface area contributed by atoms with Crippen LogP contribution < -0.4 is 5.32 Å². The number of esters is 1. The molecule has 2 fully saturated rings. The minimum atomic E-state index is -0.135. The van der Waals surface area contributed by atoms with Crippen LogP contribution in [0.4, 0.5) is 0 Å². The highest BCUT2D eigenvalue weighted by Gasteiger charge is 2.33. The van der Waals surface area contributed by atoms with Crippen LogP contribution in [-0.4, -0.2) is 24.7 Å². The van der Waals surface area contributed by atoms with E-state index in [1.54, 1.807) is 0 Å². The van der Waals surface area contributed by atoms with Crippen molar-refractivity contribution in [1.29, 1.82) is 0 Å². The molecule has 1 N–H and O–H groups in total. The number of carbonyl (C=O) groups excluding carboxylic acids is 1. The van der Waals surface area contributed by atoms with Crippen LogP contribution in [0.3, 0.4) is 0 Å². The van der Waals surface area contributed by atoms with E-state index in [0.717, 1.165) is 25.3 Å². The normalized spacial score (nSPS) is 37.4. The Morgan fingerprint density at radius 3 is 3.00 bits per heavy atom. The summed E-state index contributed by atoms with van der Waals surface area (Å²) in [6.45, 7) is 2.63. The molecule has 14 heavy (non-hydrogen) atoms. The molecule has 1 heterocycles. The Kier molecular flexibility index (Phi) is 3.06. The minimum Gasteiger partial charge on any atom is -0.463 e. The summed E-state index contributed by atoms with van der Waals surface area (Å²) in [5.41, 5.74) is 0. The topological polar surface area (TPSA) is 38.3 Å². The summed E-state index contributed by atoms with van der Waals surface area (Å²) < 4.78 is 5.26. The van der Waals surface area contributed by atoms with Gasteiger partial charge in [-0.05, 0) is 44.6 Å². The molecule has 0 unspecified atom stereocenters. The van der Waals surface area contributed by atoms with E-state index in [-0.39, 0.29) is 12.1 Å². The molecular weight excluding hydrogens is 178 g/mol. The lowest BCUT2D eigenvalue weighted by atomic mass is 9.78. The van der Waals surface area contributed by atoms with Gasteiger partial charge in [-0.25, -0.2) is 0 Å². The van der Waals surface area contributed by atoms with Gasteiger partial charge >= 0.3 is 5.97 Å². The van der Waals surface area contributed by atoms with Gasteiger partial charge < -0.3 is 10.1 Å². The van der Waals surface area contributed by atoms with E-state index in [0.29, 0.717) is 6.04 Å². The monoisotopic (exact) mass is 197 g/mol. The smallest absolute Gasteiger partial charge is 0.302 e. The van der Waals surface area contributed by atoms with Crippen molar-refractivity contribution in [2.45, 2.75) is 51.2 Å². The number of hydrogen-bond acceptors (Lipinski definition) is 3. The number of rotatable bonds is 1. The molecule has 0 aromatic heterocycles. The molecule has 1 saturated heterocycles. The van der Waals surface area contributed by atoms with Crippen LogP contribution in [0.5, 0.6) is 0 Å². The largest absolute Gasteiger partial charge is 0.463 e. The van der Waals surface area contributed by atoms with E-state index in [1.165, 1.54) is 26.2 Å². The number of ether oxygens (including phenoxy) is 1. The molecule has 0 aromatic rings. The molecule has 3 heteroatoms. The van der Waals surface area contributed by atoms with Crippen LogP contribution in [0.15, 0.2) is 0 Å². The first kappa shape index (κ1) is 9.97. The molecule has 0 spiro atoms. The predicted molar refractivity (Wildman–Crippen MR) is 53.9 cm³/mol. The molecule has 2 rings (SSSR count). The molecule has 2 aliphatic rings. The highest BCUT2D eigenvalue weighted by atomic mass is 16.5. The van der Waals surface area contributed by atoms with E-state index < -0.39 is 0 Å². The van der Waals surface area contributed by atoms with E-state index >= 15 is 0 Å². The minimum absolute atomic E-state index is 0.135. The van der Waals surface area contributed by atoms with Crippen molar-refractivity contribution < 1.29 is 9.53 Å². The average molecular weight is 197 g/mol. The molecule has 1 aliphatic heterocycles. The van der Waals surface area contributed by atoms with Crippen LogP contribution in [0.2, 0.25) is 0 Å². The molecule has 3 atom stereocenters. The third kappa shape index (κ3) is 2.27. The van der Waals surface area contributed by atoms with Crippen LogP contribution in [0.25, 0.3) is 0 Å². The number of nitrogens with one attached hydrogen (secondary N) is 1. The van der Waals surface area contributed by atoms with Gasteiger partial charge in [-0.3, -0.25) is 4.79 Å². The number of fused-ring (bicyclic) bond motifs is 1. The summed E-state index contributed by atoms with van der Waals surface area (Å²) in [4.78, 5) is 10.8. The summed E-state index contributed by atoms with van der Waals surface area (Å²) in [5, 5.41) is 3.53. The summed E-state index contributed by atoms with van der Waals surface area (Å²) in [6.07, 6.45) is 6.12. The van der Waals surface area contributed by atoms with Gasteiger partial charge in [-0.15, -0.1) is 0 Å². The Labute approximate surface area is 85.2 Å². The number of piperidine rings is 1. The van der Waals surface area contributed by atoms with Gasteiger partial charge in [0.2, 0.25) is 0 Å². The average Bonchev–Trinajstić information content (AvgIpc) is 2.17. The first-order valence-electron chi connectivity index (χ1n) is 5.66. The van der Waals surface area contributed by atoms with Gasteiger partial charge in [-0.1, -0.05) is 0 Å². The van der Waals surface area contributed by atoms with E-state index in [9.17, 15) is 4.79 Å². The Morgan fingerprint density at radius 1 is 1.36 bits per heavy atom. The highest BCUT2D eigenvalue weighted by Crippen LogP contribution is 2.31. The van der Waals surface area contributed by atoms with Crippen molar-refractivity contribution in [3.05, 3.63) is 0 Å². The van der Waals surface area contributed by atoms with Crippen LogP contribution in [0.1, 0.15) is 39.0 Å². The maximum atomic E-state index is 10.8. The van der Waals surface area contributed by atoms with Crippen molar-refractivity contribution in [3.63, 3.8) is 0 Å². The summed E-state index contributed by atoms with van der Waals surface area (Å²) in [7, 11) is 0. The third-order valence-electron chi connectivity index (χ3n) is 3.44. The molecular formula is C11H19NO2. The quantitative estimate of drug-likeness (QED) is 0.647. The van der Waals surface area contributed by atoms with Crippen molar-refractivity contribution in [1.82, 2.24) is 5.32 Å². The molecule has 1 saturated carbocycles. The summed E-state index contributed by atoms with van der Waals surface area (Å²) in [5.74, 6) is 0.694. The lowest BCUT2D eigenvalue weighted by Gasteiger charge is -2.39. The zero-order valence-corrected chi connectivity index (χ0v) is 8.79. The number of carbonyl (C=O) groups is 1. The van der Waals surface area contributed by atoms with Crippen molar-refractivity contribution >= 4 is 5.97 Å². The predicted octanol–water partition coefficient (Wildman–Crippen LogP) is 1.47. The van der Waals surface area contributed by atoms with Crippen molar-refractivity contribution in [2.24, 2.45) is 5.92 Å². The molecule has 1 aliphatic carbocycles. The molecule has 0 bridgehead atoms. The van der Waals surface area contributed by atoms with Gasteiger partial charge in [0.05, 0.1) is 0 Å². The summed E-state index contributed by atoms with van der Waals surface area (Å²) >= 11 is 0. The summed E-state index contributed by atoms with van der Waals surface area (Å²) in [6, 6.07) is 0.599. The van der Waals surface area contributed by atoms with Gasteiger partial charge in [0.15, 0.2) is 0 Å². The fraction of sp³-hybridized carbons (Fsp3) is 0.909. The molecule has 80 valence electrons. The Morgan fingerprint density at radius 2 is 2.21 bits per heavy atom. The lowest BCUT2D eigenvalue weighted by Crippen LogP contribution is -2.47. The fourth-order valence-electron chi connectivity index (χ4n) is 2.78. The number of hydrogen-bond donors (Lipinski definition) is 1. The second-order valence-electron chi connectivity index (χ2n) is 4.51. The Bertz CT molecular complexity index is 217. The van der Waals surface area contributed by atoms with E-state index in [4.69, 9.17) is 4.74 Å². The zero-order valence-electron chi connectivity index (χ0n) is 8.79. The molecule has 3 nitrogen and oxygen atoms in total. The lowest BCUT2D eigenvalue weighted by molar-refractivity contribution is -0.148. The Balaban J connectivity index is 1.86. The second-order valence-corrected chi connectivity index (χ2v) is 4.51. The van der Waals surface area contributed by atoms with Crippen molar-refractivity contribution in [2.75, 3.05) is 6.54 Å². The maximum Gasteiger partial charge on any atom is 0.302 e. The first-order valence-corrected chi connectivity index (χ1v) is 5.66.